The first-order chi connectivity index (χ1) is 15.2. The Kier molecular flexibility index (Phi) is 10.2. The van der Waals surface area contributed by atoms with Gasteiger partial charge in [-0.15, -0.1) is 0 Å². The lowest BCUT2D eigenvalue weighted by atomic mass is 10.2. The van der Waals surface area contributed by atoms with Crippen LogP contribution in [-0.4, -0.2) is 60.8 Å². The molecule has 1 aliphatic heterocycles. The summed E-state index contributed by atoms with van der Waals surface area (Å²) in [6, 6.07) is 0. The highest BCUT2D eigenvalue weighted by Gasteiger charge is 2.38. The maximum Gasteiger partial charge on any atom is 0.510 e. The second-order valence-electron chi connectivity index (χ2n) is 6.72. The maximum absolute atomic E-state index is 14.5. The number of hydrogen-bond acceptors (Lipinski definition) is 11. The summed E-state index contributed by atoms with van der Waals surface area (Å²) >= 11 is 0. The molecule has 4 unspecified atom stereocenters. The van der Waals surface area contributed by atoms with E-state index in [4.69, 9.17) is 27.8 Å². The van der Waals surface area contributed by atoms with Crippen LogP contribution < -0.4 is 11.2 Å². The number of ether oxygens (including phenoxy) is 4. The number of alkyl halides is 1. The first kappa shape index (κ1) is 25.9. The van der Waals surface area contributed by atoms with Crippen molar-refractivity contribution in [3.8, 4) is 0 Å². The van der Waals surface area contributed by atoms with Crippen molar-refractivity contribution < 1.29 is 46.5 Å². The molecule has 15 heteroatoms. The van der Waals surface area contributed by atoms with Crippen molar-refractivity contribution in [1.82, 2.24) is 9.55 Å². The average Bonchev–Trinajstić information content (AvgIpc) is 3.08. The highest BCUT2D eigenvalue weighted by Crippen LogP contribution is 2.41. The fourth-order valence-corrected chi connectivity index (χ4v) is 3.33. The largest absolute Gasteiger partial charge is 0.510 e. The number of hydrogen-bond donors (Lipinski definition) is 1. The average molecular weight is 482 g/mol. The smallest absolute Gasteiger partial charge is 0.440 e. The fraction of sp³-hybridized carbons (Fsp3) is 0.647. The molecule has 2 rings (SSSR count). The monoisotopic (exact) mass is 482 g/mol. The van der Waals surface area contributed by atoms with Gasteiger partial charge in [0, 0.05) is 18.2 Å². The molecule has 0 amide bonds. The van der Waals surface area contributed by atoms with Gasteiger partial charge in [-0.3, -0.25) is 28.2 Å². The molecule has 1 saturated heterocycles. The third-order valence-corrected chi connectivity index (χ3v) is 4.87. The van der Waals surface area contributed by atoms with Crippen LogP contribution in [0.3, 0.4) is 0 Å². The first-order valence-electron chi connectivity index (χ1n) is 9.40. The molecule has 0 spiro atoms. The van der Waals surface area contributed by atoms with Crippen molar-refractivity contribution in [3.63, 3.8) is 0 Å². The molecule has 4 atom stereocenters. The Morgan fingerprint density at radius 2 is 2.06 bits per heavy atom. The van der Waals surface area contributed by atoms with Gasteiger partial charge in [0.25, 0.3) is 12.0 Å². The van der Waals surface area contributed by atoms with Crippen molar-refractivity contribution in [2.45, 2.75) is 51.8 Å². The van der Waals surface area contributed by atoms with E-state index in [0.29, 0.717) is 0 Å². The van der Waals surface area contributed by atoms with Crippen molar-refractivity contribution in [1.29, 1.82) is 0 Å². The molecule has 1 aromatic heterocycles. The maximum atomic E-state index is 14.5. The Labute approximate surface area is 182 Å². The Morgan fingerprint density at radius 1 is 1.34 bits per heavy atom. The lowest BCUT2D eigenvalue weighted by Gasteiger charge is -2.19. The molecule has 180 valence electrons. The quantitative estimate of drug-likeness (QED) is 0.151. The number of nitrogens with one attached hydrogen (secondary N) is 1. The molecule has 0 aromatic carbocycles. The summed E-state index contributed by atoms with van der Waals surface area (Å²) in [5.41, 5.74) is -1.16. The van der Waals surface area contributed by atoms with Crippen LogP contribution in [0.2, 0.25) is 0 Å². The third kappa shape index (κ3) is 7.95. The Morgan fingerprint density at radius 3 is 2.75 bits per heavy atom. The van der Waals surface area contributed by atoms with Crippen LogP contribution in [0.15, 0.2) is 15.8 Å². The topological polar surface area (TPSA) is 154 Å². The van der Waals surface area contributed by atoms with Crippen LogP contribution in [0.1, 0.15) is 32.1 Å². The number of nitrogens with zero attached hydrogens (tertiary/aromatic N) is 1. The zero-order chi connectivity index (χ0) is 23.7. The number of aromatic nitrogens is 2. The molecule has 2 heterocycles. The normalized spacial score (nSPS) is 21.3. The van der Waals surface area contributed by atoms with Gasteiger partial charge in [-0.1, -0.05) is 0 Å². The summed E-state index contributed by atoms with van der Waals surface area (Å²) in [6.07, 6.45) is -3.85. The zero-order valence-electron chi connectivity index (χ0n) is 17.6. The van der Waals surface area contributed by atoms with Crippen LogP contribution in [-0.2, 0) is 37.3 Å². The van der Waals surface area contributed by atoms with Gasteiger partial charge in [0.15, 0.2) is 13.0 Å². The zero-order valence-corrected chi connectivity index (χ0v) is 18.5. The Hall–Kier alpha value is -2.38. The van der Waals surface area contributed by atoms with E-state index >= 15 is 0 Å². The minimum absolute atomic E-state index is 0.111. The van der Waals surface area contributed by atoms with E-state index in [1.165, 1.54) is 13.1 Å². The Balaban J connectivity index is 1.90. The molecule has 1 aromatic rings. The van der Waals surface area contributed by atoms with E-state index in [0.717, 1.165) is 4.57 Å². The summed E-state index contributed by atoms with van der Waals surface area (Å²) in [4.78, 5) is 47.2. The molecule has 1 N–H and O–H groups in total. The number of aromatic amines is 1. The van der Waals surface area contributed by atoms with Crippen molar-refractivity contribution in [3.05, 3.63) is 32.6 Å². The van der Waals surface area contributed by atoms with E-state index in [1.54, 1.807) is 13.8 Å². The van der Waals surface area contributed by atoms with E-state index < -0.39 is 64.2 Å². The summed E-state index contributed by atoms with van der Waals surface area (Å²) in [5.74, 6) is 0. The minimum atomic E-state index is -2.17. The van der Waals surface area contributed by atoms with Crippen LogP contribution in [0.4, 0.5) is 9.18 Å². The highest BCUT2D eigenvalue weighted by molar-refractivity contribution is 7.41. The third-order valence-electron chi connectivity index (χ3n) is 3.88. The molecule has 0 aliphatic carbocycles. The van der Waals surface area contributed by atoms with Gasteiger partial charge < -0.3 is 23.5 Å². The van der Waals surface area contributed by atoms with Gasteiger partial charge in [0.2, 0.25) is 6.79 Å². The van der Waals surface area contributed by atoms with E-state index in [2.05, 4.69) is 9.72 Å². The summed E-state index contributed by atoms with van der Waals surface area (Å²) in [6.45, 7) is 3.59. The first-order valence-corrected chi connectivity index (χ1v) is 10.5. The number of aryl methyl sites for hydroxylation is 1. The summed E-state index contributed by atoms with van der Waals surface area (Å²) < 4.78 is 50.5. The fourth-order valence-electron chi connectivity index (χ4n) is 2.53. The van der Waals surface area contributed by atoms with Crippen molar-refractivity contribution in [2.24, 2.45) is 0 Å². The number of rotatable bonds is 12. The number of carbonyl (C=O) groups excluding carboxylic acids is 2. The number of H-pyrrole nitrogens is 1. The van der Waals surface area contributed by atoms with Gasteiger partial charge in [-0.05, 0) is 20.8 Å². The molecule has 32 heavy (non-hydrogen) atoms. The van der Waals surface area contributed by atoms with Gasteiger partial charge in [0.1, 0.15) is 6.17 Å². The molecule has 0 saturated carbocycles. The highest BCUT2D eigenvalue weighted by atomic mass is 31.2. The predicted molar refractivity (Wildman–Crippen MR) is 104 cm³/mol. The molecule has 1 fully saturated rings. The van der Waals surface area contributed by atoms with Crippen LogP contribution >= 0.6 is 8.60 Å². The van der Waals surface area contributed by atoms with Gasteiger partial charge in [-0.2, -0.15) is 0 Å². The van der Waals surface area contributed by atoms with Crippen molar-refractivity contribution >= 4 is 21.2 Å². The lowest BCUT2D eigenvalue weighted by molar-refractivity contribution is -0.135. The molecule has 0 radical (unpaired) electrons. The lowest BCUT2D eigenvalue weighted by Crippen LogP contribution is -2.35. The predicted octanol–water partition coefficient (Wildman–Crippen LogP) is 1.40. The summed E-state index contributed by atoms with van der Waals surface area (Å²) in [5, 5.41) is 0. The minimum Gasteiger partial charge on any atom is -0.440 e. The van der Waals surface area contributed by atoms with Crippen LogP contribution in [0.5, 0.6) is 0 Å². The molecular weight excluding hydrogens is 458 g/mol. The van der Waals surface area contributed by atoms with Gasteiger partial charge in [0.05, 0.1) is 18.8 Å². The van der Waals surface area contributed by atoms with E-state index in [9.17, 15) is 23.6 Å². The molecular formula is C17H24FN2O11P. The van der Waals surface area contributed by atoms with Gasteiger partial charge >= 0.3 is 20.4 Å². The van der Waals surface area contributed by atoms with Crippen LogP contribution in [0, 0.1) is 6.92 Å². The number of halogens is 1. The second-order valence-corrected chi connectivity index (χ2v) is 7.94. The summed E-state index contributed by atoms with van der Waals surface area (Å²) in [7, 11) is -2.17. The number of carbonyl (C=O) groups is 2. The van der Waals surface area contributed by atoms with E-state index in [1.807, 2.05) is 0 Å². The van der Waals surface area contributed by atoms with Crippen molar-refractivity contribution in [2.75, 3.05) is 20.2 Å². The van der Waals surface area contributed by atoms with Gasteiger partial charge in [-0.25, -0.2) is 14.0 Å². The molecule has 13 nitrogen and oxygen atoms in total. The SMILES string of the molecule is Cc1cn(C2OC(COP(OCOC=O)OCOC(=O)OC(C)C)CC2F)c(=O)[nH]c1=O. The van der Waals surface area contributed by atoms with Crippen LogP contribution in [0.25, 0.3) is 0 Å². The Bertz CT molecular complexity index is 877. The molecule has 0 bridgehead atoms. The van der Waals surface area contributed by atoms with E-state index in [-0.39, 0.29) is 25.1 Å². The second kappa shape index (κ2) is 12.6. The standard InChI is InChI=1S/C17H24FN2O11P/c1-10(2)30-17(24)26-9-29-32(28-8-25-7-21)27-6-12-4-13(18)15(31-12)20-5-11(3)14(22)19-16(20)23/h5,7,10,12-13,15H,4,6,8-9H2,1-3H3,(H,19,22,23). The molecule has 1 aliphatic rings.